The van der Waals surface area contributed by atoms with Crippen LogP contribution >= 0.6 is 0 Å². The number of aliphatic carboxylic acids is 1. The van der Waals surface area contributed by atoms with Gasteiger partial charge in [-0.2, -0.15) is 0 Å². The van der Waals surface area contributed by atoms with E-state index in [1.54, 1.807) is 0 Å². The Morgan fingerprint density at radius 3 is 2.82 bits per heavy atom. The minimum Gasteiger partial charge on any atom is -0.493 e. The van der Waals surface area contributed by atoms with E-state index in [9.17, 15) is 9.90 Å². The Hall–Kier alpha value is -2.87. The minimum absolute atomic E-state index is 0.0687. The fourth-order valence-corrected chi connectivity index (χ4v) is 3.81. The molecule has 1 atom stereocenters. The number of aromatic nitrogens is 2. The molecule has 1 aliphatic rings. The fraction of sp³-hybridized carbons (Fsp3) is 0.435. The molecule has 1 aromatic heterocycles. The molecule has 0 saturated carbocycles. The molecule has 2 heterocycles. The predicted molar refractivity (Wildman–Crippen MR) is 107 cm³/mol. The lowest BCUT2D eigenvalue weighted by atomic mass is 9.77. The highest BCUT2D eigenvalue weighted by Gasteiger charge is 2.40. The summed E-state index contributed by atoms with van der Waals surface area (Å²) in [6.45, 7) is 7.26. The third-order valence-electron chi connectivity index (χ3n) is 5.76. The van der Waals surface area contributed by atoms with Gasteiger partial charge in [0.2, 0.25) is 0 Å². The number of carbonyl (C=O) groups is 1. The van der Waals surface area contributed by atoms with Crippen molar-refractivity contribution in [3.8, 4) is 18.1 Å². The predicted octanol–water partition coefficient (Wildman–Crippen LogP) is 3.82. The maximum atomic E-state index is 12.0. The average molecular weight is 378 g/mol. The molecule has 3 rings (SSSR count). The van der Waals surface area contributed by atoms with Crippen molar-refractivity contribution in [3.63, 3.8) is 0 Å². The third-order valence-corrected chi connectivity index (χ3v) is 5.76. The standard InChI is InChI=1S/C23H26N2O3/c1-5-23(21(26)27,20-15-24-10-11-25-20)8-6-7-17-14-18-19(13-16(17)2)28-12-9-22(18,3)4/h1,10-11,13-15H,6-9,12H2,2-4H3,(H,26,27). The van der Waals surface area contributed by atoms with Crippen molar-refractivity contribution >= 4 is 5.97 Å². The van der Waals surface area contributed by atoms with Crippen molar-refractivity contribution in [2.24, 2.45) is 0 Å². The van der Waals surface area contributed by atoms with Crippen molar-refractivity contribution in [2.45, 2.75) is 57.3 Å². The second-order valence-corrected chi connectivity index (χ2v) is 8.06. The number of rotatable bonds is 6. The summed E-state index contributed by atoms with van der Waals surface area (Å²) in [5, 5.41) is 9.83. The summed E-state index contributed by atoms with van der Waals surface area (Å²) in [6.07, 6.45) is 12.7. The van der Waals surface area contributed by atoms with E-state index < -0.39 is 11.4 Å². The van der Waals surface area contributed by atoms with E-state index in [4.69, 9.17) is 11.2 Å². The molecule has 1 aromatic carbocycles. The van der Waals surface area contributed by atoms with Crippen molar-refractivity contribution in [1.82, 2.24) is 9.97 Å². The number of fused-ring (bicyclic) bond motifs is 1. The third kappa shape index (κ3) is 3.60. The molecular formula is C23H26N2O3. The van der Waals surface area contributed by atoms with Gasteiger partial charge in [-0.1, -0.05) is 25.8 Å². The van der Waals surface area contributed by atoms with Gasteiger partial charge in [0.25, 0.3) is 0 Å². The number of hydrogen-bond donors (Lipinski definition) is 1. The normalized spacial score (nSPS) is 16.9. The SMILES string of the molecule is C#CC(CCCc1cc2c(cc1C)OCCC2(C)C)(C(=O)O)c1cnccn1. The molecule has 1 N–H and O–H groups in total. The number of benzene rings is 1. The van der Waals surface area contributed by atoms with Gasteiger partial charge in [0, 0.05) is 18.0 Å². The van der Waals surface area contributed by atoms with Crippen LogP contribution in [-0.2, 0) is 22.0 Å². The minimum atomic E-state index is -1.46. The summed E-state index contributed by atoms with van der Waals surface area (Å²) >= 11 is 0. The van der Waals surface area contributed by atoms with E-state index in [-0.39, 0.29) is 5.41 Å². The zero-order valence-corrected chi connectivity index (χ0v) is 16.7. The molecule has 0 fully saturated rings. The summed E-state index contributed by atoms with van der Waals surface area (Å²) in [4.78, 5) is 20.2. The zero-order valence-electron chi connectivity index (χ0n) is 16.7. The van der Waals surface area contributed by atoms with E-state index in [2.05, 4.69) is 48.8 Å². The Bertz CT molecular complexity index is 915. The van der Waals surface area contributed by atoms with Crippen molar-refractivity contribution in [1.29, 1.82) is 0 Å². The number of ether oxygens (including phenoxy) is 1. The van der Waals surface area contributed by atoms with Crippen molar-refractivity contribution in [2.75, 3.05) is 6.61 Å². The quantitative estimate of drug-likeness (QED) is 0.774. The van der Waals surface area contributed by atoms with Gasteiger partial charge in [-0.25, -0.2) is 0 Å². The number of aryl methyl sites for hydroxylation is 2. The van der Waals surface area contributed by atoms with E-state index in [0.29, 0.717) is 18.5 Å². The van der Waals surface area contributed by atoms with Gasteiger partial charge < -0.3 is 9.84 Å². The van der Waals surface area contributed by atoms with Gasteiger partial charge in [0.05, 0.1) is 18.5 Å². The lowest BCUT2D eigenvalue weighted by Crippen LogP contribution is -2.35. The van der Waals surface area contributed by atoms with E-state index in [1.165, 1.54) is 29.7 Å². The summed E-state index contributed by atoms with van der Waals surface area (Å²) < 4.78 is 5.84. The average Bonchev–Trinajstić information content (AvgIpc) is 2.66. The molecule has 0 amide bonds. The van der Waals surface area contributed by atoms with Gasteiger partial charge in [-0.15, -0.1) is 6.42 Å². The highest BCUT2D eigenvalue weighted by atomic mass is 16.5. The first kappa shape index (κ1) is 19.9. The fourth-order valence-electron chi connectivity index (χ4n) is 3.81. The molecule has 5 nitrogen and oxygen atoms in total. The second kappa shape index (κ2) is 7.63. The number of carboxylic acids is 1. The first-order chi connectivity index (χ1) is 13.3. The van der Waals surface area contributed by atoms with Crippen LogP contribution in [0.5, 0.6) is 5.75 Å². The van der Waals surface area contributed by atoms with Gasteiger partial charge >= 0.3 is 5.97 Å². The summed E-state index contributed by atoms with van der Waals surface area (Å²) in [5.41, 5.74) is 2.49. The van der Waals surface area contributed by atoms with Gasteiger partial charge in [0.1, 0.15) is 5.75 Å². The molecule has 1 aliphatic heterocycles. The second-order valence-electron chi connectivity index (χ2n) is 8.06. The lowest BCUT2D eigenvalue weighted by molar-refractivity contribution is -0.141. The molecule has 0 bridgehead atoms. The van der Waals surface area contributed by atoms with Crippen LogP contribution in [0.4, 0.5) is 0 Å². The van der Waals surface area contributed by atoms with Crippen LogP contribution in [0.15, 0.2) is 30.7 Å². The summed E-state index contributed by atoms with van der Waals surface area (Å²) in [5.74, 6) is 2.37. The monoisotopic (exact) mass is 378 g/mol. The van der Waals surface area contributed by atoms with Gasteiger partial charge in [0.15, 0.2) is 5.41 Å². The molecule has 0 saturated heterocycles. The zero-order chi connectivity index (χ0) is 20.4. The molecule has 1 unspecified atom stereocenters. The maximum Gasteiger partial charge on any atom is 0.328 e. The Labute approximate surface area is 166 Å². The molecule has 5 heteroatoms. The Morgan fingerprint density at radius 1 is 1.39 bits per heavy atom. The molecule has 0 aliphatic carbocycles. The number of hydrogen-bond acceptors (Lipinski definition) is 4. The maximum absolute atomic E-state index is 12.0. The highest BCUT2D eigenvalue weighted by molar-refractivity contribution is 5.84. The molecule has 146 valence electrons. The molecule has 2 aromatic rings. The van der Waals surface area contributed by atoms with E-state index in [1.807, 2.05) is 0 Å². The first-order valence-electron chi connectivity index (χ1n) is 9.54. The van der Waals surface area contributed by atoms with Crippen molar-refractivity contribution < 1.29 is 14.6 Å². The lowest BCUT2D eigenvalue weighted by Gasteiger charge is -2.33. The topological polar surface area (TPSA) is 72.3 Å². The van der Waals surface area contributed by atoms with Crippen LogP contribution in [0.25, 0.3) is 0 Å². The molecule has 0 radical (unpaired) electrons. The van der Waals surface area contributed by atoms with Crippen LogP contribution in [-0.4, -0.2) is 27.7 Å². The molecule has 0 spiro atoms. The van der Waals surface area contributed by atoms with Crippen LogP contribution in [0.1, 0.15) is 55.5 Å². The van der Waals surface area contributed by atoms with Gasteiger partial charge in [-0.05, 0) is 55.2 Å². The summed E-state index contributed by atoms with van der Waals surface area (Å²) in [7, 11) is 0. The van der Waals surface area contributed by atoms with E-state index >= 15 is 0 Å². The van der Waals surface area contributed by atoms with Crippen LogP contribution < -0.4 is 4.74 Å². The van der Waals surface area contributed by atoms with Crippen LogP contribution in [0.3, 0.4) is 0 Å². The number of nitrogens with zero attached hydrogens (tertiary/aromatic N) is 2. The molecular weight excluding hydrogens is 352 g/mol. The first-order valence-corrected chi connectivity index (χ1v) is 9.54. The van der Waals surface area contributed by atoms with Crippen LogP contribution in [0.2, 0.25) is 0 Å². The van der Waals surface area contributed by atoms with Crippen LogP contribution in [0, 0.1) is 19.3 Å². The van der Waals surface area contributed by atoms with Crippen molar-refractivity contribution in [3.05, 3.63) is 53.1 Å². The van der Waals surface area contributed by atoms with Gasteiger partial charge in [-0.3, -0.25) is 14.8 Å². The Balaban J connectivity index is 1.82. The Kier molecular flexibility index (Phi) is 5.42. The van der Waals surface area contributed by atoms with E-state index in [0.717, 1.165) is 30.8 Å². The number of terminal acetylenes is 1. The highest BCUT2D eigenvalue weighted by Crippen LogP contribution is 2.40. The number of carboxylic acid groups (broad SMARTS) is 1. The Morgan fingerprint density at radius 2 is 2.18 bits per heavy atom. The summed E-state index contributed by atoms with van der Waals surface area (Å²) in [6, 6.07) is 4.31. The largest absolute Gasteiger partial charge is 0.493 e. The smallest absolute Gasteiger partial charge is 0.328 e. The molecule has 28 heavy (non-hydrogen) atoms.